The molecule has 0 spiro atoms. The summed E-state index contributed by atoms with van der Waals surface area (Å²) in [7, 11) is 1.61. The van der Waals surface area contributed by atoms with Gasteiger partial charge in [0.15, 0.2) is 0 Å². The highest BCUT2D eigenvalue weighted by molar-refractivity contribution is 6.31. The largest absolute Gasteiger partial charge is 0.497 e. The molecule has 1 N–H and O–H groups in total. The second-order valence-electron chi connectivity index (χ2n) is 5.54. The molecule has 3 rings (SSSR count). The summed E-state index contributed by atoms with van der Waals surface area (Å²) in [6, 6.07) is 15.0. The molecule has 1 fully saturated rings. The molecule has 0 saturated carbocycles. The number of carbonyl (C=O) groups excluding carboxylic acids is 1. The van der Waals surface area contributed by atoms with Crippen LogP contribution in [0.1, 0.15) is 24.4 Å². The molecule has 120 valence electrons. The predicted molar refractivity (Wildman–Crippen MR) is 92.1 cm³/mol. The van der Waals surface area contributed by atoms with Crippen molar-refractivity contribution < 1.29 is 9.53 Å². The van der Waals surface area contributed by atoms with E-state index in [-0.39, 0.29) is 12.1 Å². The molecule has 0 aromatic heterocycles. The van der Waals surface area contributed by atoms with Crippen molar-refractivity contribution in [1.29, 1.82) is 0 Å². The Morgan fingerprint density at radius 2 is 2.09 bits per heavy atom. The molecule has 2 aromatic carbocycles. The van der Waals surface area contributed by atoms with E-state index in [1.165, 1.54) is 0 Å². The van der Waals surface area contributed by atoms with Gasteiger partial charge in [-0.05, 0) is 36.6 Å². The average molecular weight is 331 g/mol. The molecule has 0 radical (unpaired) electrons. The highest BCUT2D eigenvalue weighted by Gasteiger charge is 2.31. The van der Waals surface area contributed by atoms with Crippen LogP contribution in [-0.4, -0.2) is 24.6 Å². The number of halogens is 1. The minimum atomic E-state index is -0.110. The number of benzene rings is 2. The topological polar surface area (TPSA) is 41.6 Å². The fourth-order valence-electron chi connectivity index (χ4n) is 2.97. The minimum absolute atomic E-state index is 0.0225. The maximum atomic E-state index is 12.6. The van der Waals surface area contributed by atoms with Gasteiger partial charge in [-0.3, -0.25) is 0 Å². The molecule has 0 bridgehead atoms. The maximum Gasteiger partial charge on any atom is 0.322 e. The molecule has 4 nitrogen and oxygen atoms in total. The van der Waals surface area contributed by atoms with Crippen LogP contribution in [0.25, 0.3) is 0 Å². The normalized spacial score (nSPS) is 17.1. The van der Waals surface area contributed by atoms with Crippen LogP contribution in [0.2, 0.25) is 5.02 Å². The molecular weight excluding hydrogens is 312 g/mol. The van der Waals surface area contributed by atoms with Gasteiger partial charge in [0.05, 0.1) is 13.2 Å². The fourth-order valence-corrected chi connectivity index (χ4v) is 3.24. The summed E-state index contributed by atoms with van der Waals surface area (Å²) in [5.74, 6) is 0.715. The highest BCUT2D eigenvalue weighted by Crippen LogP contribution is 2.36. The van der Waals surface area contributed by atoms with Crippen molar-refractivity contribution in [2.24, 2.45) is 0 Å². The van der Waals surface area contributed by atoms with E-state index in [9.17, 15) is 4.79 Å². The van der Waals surface area contributed by atoms with E-state index in [1.807, 2.05) is 47.4 Å². The quantitative estimate of drug-likeness (QED) is 0.884. The summed E-state index contributed by atoms with van der Waals surface area (Å²) in [5.41, 5.74) is 1.73. The van der Waals surface area contributed by atoms with Crippen LogP contribution in [0.3, 0.4) is 0 Å². The molecule has 1 atom stereocenters. The Morgan fingerprint density at radius 3 is 2.87 bits per heavy atom. The third-order valence-electron chi connectivity index (χ3n) is 4.10. The van der Waals surface area contributed by atoms with Crippen molar-refractivity contribution in [3.8, 4) is 5.75 Å². The lowest BCUT2D eigenvalue weighted by Crippen LogP contribution is -2.34. The Balaban J connectivity index is 1.77. The number of anilines is 1. The third-order valence-corrected chi connectivity index (χ3v) is 4.44. The number of nitrogens with one attached hydrogen (secondary N) is 1. The molecule has 23 heavy (non-hydrogen) atoms. The number of carbonyl (C=O) groups is 1. The lowest BCUT2D eigenvalue weighted by molar-refractivity contribution is 0.207. The van der Waals surface area contributed by atoms with Crippen molar-refractivity contribution in [3.63, 3.8) is 0 Å². The summed E-state index contributed by atoms with van der Waals surface area (Å²) in [5, 5.41) is 3.65. The molecule has 2 aromatic rings. The molecular formula is C18H19ClN2O2. The molecule has 0 aliphatic carbocycles. The van der Waals surface area contributed by atoms with Crippen LogP contribution < -0.4 is 10.1 Å². The van der Waals surface area contributed by atoms with E-state index in [2.05, 4.69) is 5.32 Å². The number of urea groups is 1. The van der Waals surface area contributed by atoms with Gasteiger partial charge in [0.1, 0.15) is 5.75 Å². The Kier molecular flexibility index (Phi) is 4.72. The van der Waals surface area contributed by atoms with Crippen LogP contribution in [0.5, 0.6) is 5.75 Å². The van der Waals surface area contributed by atoms with E-state index >= 15 is 0 Å². The van der Waals surface area contributed by atoms with Crippen molar-refractivity contribution in [3.05, 3.63) is 59.1 Å². The summed E-state index contributed by atoms with van der Waals surface area (Å²) in [6.45, 7) is 0.728. The van der Waals surface area contributed by atoms with E-state index < -0.39 is 0 Å². The van der Waals surface area contributed by atoms with Crippen molar-refractivity contribution in [2.75, 3.05) is 19.0 Å². The first kappa shape index (κ1) is 15.7. The summed E-state index contributed by atoms with van der Waals surface area (Å²) >= 11 is 6.30. The van der Waals surface area contributed by atoms with Crippen LogP contribution in [0.15, 0.2) is 48.5 Å². The van der Waals surface area contributed by atoms with Crippen LogP contribution in [0, 0.1) is 0 Å². The standard InChI is InChI=1S/C18H19ClN2O2/c1-23-14-7-4-6-13(12-14)20-18(22)21-11-5-10-17(21)15-8-2-3-9-16(15)19/h2-4,6-9,12,17H,5,10-11H2,1H3,(H,20,22)/t17-/m0/s1. The summed E-state index contributed by atoms with van der Waals surface area (Å²) in [6.07, 6.45) is 1.90. The van der Waals surface area contributed by atoms with Gasteiger partial charge in [-0.1, -0.05) is 35.9 Å². The Morgan fingerprint density at radius 1 is 1.26 bits per heavy atom. The third kappa shape index (κ3) is 3.42. The van der Waals surface area contributed by atoms with Gasteiger partial charge < -0.3 is 15.0 Å². The average Bonchev–Trinajstić information content (AvgIpc) is 3.05. The molecule has 0 unspecified atom stereocenters. The van der Waals surface area contributed by atoms with Crippen LogP contribution in [-0.2, 0) is 0 Å². The Bertz CT molecular complexity index is 705. The van der Waals surface area contributed by atoms with Crippen molar-refractivity contribution >= 4 is 23.3 Å². The van der Waals surface area contributed by atoms with Gasteiger partial charge in [0.25, 0.3) is 0 Å². The molecule has 1 aliphatic rings. The second-order valence-corrected chi connectivity index (χ2v) is 5.94. The van der Waals surface area contributed by atoms with Gasteiger partial charge >= 0.3 is 6.03 Å². The van der Waals surface area contributed by atoms with Gasteiger partial charge in [0.2, 0.25) is 0 Å². The number of methoxy groups -OCH3 is 1. The monoisotopic (exact) mass is 330 g/mol. The highest BCUT2D eigenvalue weighted by atomic mass is 35.5. The van der Waals surface area contributed by atoms with Crippen molar-refractivity contribution in [1.82, 2.24) is 4.90 Å². The van der Waals surface area contributed by atoms with Crippen molar-refractivity contribution in [2.45, 2.75) is 18.9 Å². The first-order valence-electron chi connectivity index (χ1n) is 7.65. The van der Waals surface area contributed by atoms with Gasteiger partial charge in [-0.15, -0.1) is 0 Å². The molecule has 1 heterocycles. The van der Waals surface area contributed by atoms with E-state index in [0.717, 1.165) is 30.6 Å². The lowest BCUT2D eigenvalue weighted by Gasteiger charge is -2.26. The molecule has 1 saturated heterocycles. The number of hydrogen-bond donors (Lipinski definition) is 1. The molecule has 5 heteroatoms. The zero-order chi connectivity index (χ0) is 16.2. The smallest absolute Gasteiger partial charge is 0.322 e. The predicted octanol–water partition coefficient (Wildman–Crippen LogP) is 4.72. The van der Waals surface area contributed by atoms with Gasteiger partial charge in [0, 0.05) is 23.3 Å². The molecule has 2 amide bonds. The zero-order valence-corrected chi connectivity index (χ0v) is 13.7. The SMILES string of the molecule is COc1cccc(NC(=O)N2CCC[C@H]2c2ccccc2Cl)c1. The number of rotatable bonds is 3. The zero-order valence-electron chi connectivity index (χ0n) is 13.0. The Labute approximate surface area is 141 Å². The van der Waals surface area contributed by atoms with Gasteiger partial charge in [-0.25, -0.2) is 4.79 Å². The fraction of sp³-hybridized carbons (Fsp3) is 0.278. The van der Waals surface area contributed by atoms with E-state index in [0.29, 0.717) is 10.8 Å². The lowest BCUT2D eigenvalue weighted by atomic mass is 10.0. The number of hydrogen-bond acceptors (Lipinski definition) is 2. The Hall–Kier alpha value is -2.20. The second kappa shape index (κ2) is 6.92. The van der Waals surface area contributed by atoms with E-state index in [1.54, 1.807) is 13.2 Å². The van der Waals surface area contributed by atoms with Gasteiger partial charge in [-0.2, -0.15) is 0 Å². The van der Waals surface area contributed by atoms with E-state index in [4.69, 9.17) is 16.3 Å². The number of amides is 2. The molecule has 1 aliphatic heterocycles. The number of likely N-dealkylation sites (tertiary alicyclic amines) is 1. The maximum absolute atomic E-state index is 12.6. The first-order valence-corrected chi connectivity index (χ1v) is 8.03. The van der Waals surface area contributed by atoms with Crippen LogP contribution in [0.4, 0.5) is 10.5 Å². The van der Waals surface area contributed by atoms with Crippen LogP contribution >= 0.6 is 11.6 Å². The first-order chi connectivity index (χ1) is 11.2. The number of ether oxygens (including phenoxy) is 1. The summed E-state index contributed by atoms with van der Waals surface area (Å²) < 4.78 is 5.19. The summed E-state index contributed by atoms with van der Waals surface area (Å²) in [4.78, 5) is 14.5. The minimum Gasteiger partial charge on any atom is -0.497 e. The number of nitrogens with zero attached hydrogens (tertiary/aromatic N) is 1.